The number of carbonyl (C=O) groups is 2. The lowest BCUT2D eigenvalue weighted by Gasteiger charge is -2.33. The van der Waals surface area contributed by atoms with E-state index in [0.29, 0.717) is 18.7 Å². The molecule has 1 aromatic rings. The Hall–Kier alpha value is -1.97. The van der Waals surface area contributed by atoms with E-state index in [4.69, 9.17) is 0 Å². The Morgan fingerprint density at radius 1 is 1.23 bits per heavy atom. The number of piperidine rings is 1. The van der Waals surface area contributed by atoms with Crippen molar-refractivity contribution in [3.8, 4) is 0 Å². The molecule has 1 aromatic carbocycles. The Labute approximate surface area is 153 Å². The van der Waals surface area contributed by atoms with Crippen LogP contribution in [-0.4, -0.2) is 51.4 Å². The van der Waals surface area contributed by atoms with Gasteiger partial charge in [-0.3, -0.25) is 14.4 Å². The predicted octanol–water partition coefficient (Wildman–Crippen LogP) is 0.903. The van der Waals surface area contributed by atoms with E-state index >= 15 is 0 Å². The molecule has 1 unspecified atom stereocenters. The van der Waals surface area contributed by atoms with Crippen LogP contribution >= 0.6 is 0 Å². The highest BCUT2D eigenvalue weighted by Gasteiger charge is 2.26. The van der Waals surface area contributed by atoms with Gasteiger partial charge in [-0.05, 0) is 37.1 Å². The minimum absolute atomic E-state index is 0.0108. The first-order valence-corrected chi connectivity index (χ1v) is 9.97. The Morgan fingerprint density at radius 3 is 2.46 bits per heavy atom. The van der Waals surface area contributed by atoms with Crippen molar-refractivity contribution in [2.45, 2.75) is 37.6 Å². The Balaban J connectivity index is 2.05. The molecule has 2 N–H and O–H groups in total. The molecule has 1 fully saturated rings. The van der Waals surface area contributed by atoms with E-state index in [1.807, 2.05) is 18.7 Å². The molecule has 0 aliphatic carbocycles. The summed E-state index contributed by atoms with van der Waals surface area (Å²) in [7, 11) is -2.54. The summed E-state index contributed by atoms with van der Waals surface area (Å²) in [6.07, 6.45) is 1.64. The summed E-state index contributed by atoms with van der Waals surface area (Å²) in [5.41, 5.74) is 0.400. The molecule has 2 amide bonds. The van der Waals surface area contributed by atoms with Gasteiger partial charge in [-0.1, -0.05) is 18.7 Å². The molecule has 26 heavy (non-hydrogen) atoms. The summed E-state index contributed by atoms with van der Waals surface area (Å²) in [6.45, 7) is 4.71. The van der Waals surface area contributed by atoms with E-state index < -0.39 is 10.0 Å². The SMILES string of the molecule is CONS(=O)(=O)c1ccc(C(=O)N2CCCC(NC(=O)C(C)C)C2)cc1. The molecule has 0 bridgehead atoms. The van der Waals surface area contributed by atoms with Crippen LogP contribution in [-0.2, 0) is 19.7 Å². The number of likely N-dealkylation sites (tertiary alicyclic amines) is 1. The normalized spacial score (nSPS) is 18.0. The quantitative estimate of drug-likeness (QED) is 0.710. The molecule has 1 aliphatic heterocycles. The molecule has 0 saturated carbocycles. The summed E-state index contributed by atoms with van der Waals surface area (Å²) in [4.78, 5) is 32.6. The molecular formula is C17H25N3O5S. The minimum Gasteiger partial charge on any atom is -0.351 e. The molecule has 0 radical (unpaired) electrons. The van der Waals surface area contributed by atoms with E-state index in [2.05, 4.69) is 10.2 Å². The van der Waals surface area contributed by atoms with Gasteiger partial charge in [-0.2, -0.15) is 0 Å². The van der Waals surface area contributed by atoms with Crippen LogP contribution < -0.4 is 10.2 Å². The lowest BCUT2D eigenvalue weighted by atomic mass is 10.0. The Kier molecular flexibility index (Phi) is 6.74. The number of rotatable bonds is 6. The van der Waals surface area contributed by atoms with Crippen molar-refractivity contribution in [1.82, 2.24) is 15.1 Å². The maximum absolute atomic E-state index is 12.7. The number of sulfonamides is 1. The molecule has 9 heteroatoms. The second-order valence-electron chi connectivity index (χ2n) is 6.57. The molecule has 2 rings (SSSR count). The first-order chi connectivity index (χ1) is 12.2. The zero-order chi connectivity index (χ0) is 19.3. The fourth-order valence-electron chi connectivity index (χ4n) is 2.76. The van der Waals surface area contributed by atoms with Gasteiger partial charge in [-0.15, -0.1) is 0 Å². The molecule has 144 valence electrons. The van der Waals surface area contributed by atoms with Crippen LogP contribution in [0.15, 0.2) is 29.2 Å². The fraction of sp³-hybridized carbons (Fsp3) is 0.529. The van der Waals surface area contributed by atoms with Gasteiger partial charge < -0.3 is 10.2 Å². The molecule has 1 aliphatic rings. The minimum atomic E-state index is -3.75. The van der Waals surface area contributed by atoms with Gasteiger partial charge in [0, 0.05) is 30.6 Å². The summed E-state index contributed by atoms with van der Waals surface area (Å²) < 4.78 is 23.7. The lowest BCUT2D eigenvalue weighted by molar-refractivity contribution is -0.125. The maximum Gasteiger partial charge on any atom is 0.262 e. The van der Waals surface area contributed by atoms with Crippen molar-refractivity contribution in [3.63, 3.8) is 0 Å². The van der Waals surface area contributed by atoms with Crippen molar-refractivity contribution in [1.29, 1.82) is 0 Å². The number of nitrogens with zero attached hydrogens (tertiary/aromatic N) is 1. The van der Waals surface area contributed by atoms with Crippen LogP contribution in [0.4, 0.5) is 0 Å². The molecule has 1 saturated heterocycles. The molecule has 1 heterocycles. The highest BCUT2D eigenvalue weighted by Crippen LogP contribution is 2.16. The fourth-order valence-corrected chi connectivity index (χ4v) is 3.57. The van der Waals surface area contributed by atoms with Gasteiger partial charge >= 0.3 is 0 Å². The monoisotopic (exact) mass is 383 g/mol. The van der Waals surface area contributed by atoms with E-state index in [1.54, 1.807) is 4.90 Å². The number of carbonyl (C=O) groups excluding carboxylic acids is 2. The second kappa shape index (κ2) is 8.61. The molecule has 0 spiro atoms. The van der Waals surface area contributed by atoms with Crippen molar-refractivity contribution >= 4 is 21.8 Å². The summed E-state index contributed by atoms with van der Waals surface area (Å²) in [6, 6.07) is 5.60. The van der Waals surface area contributed by atoms with E-state index in [-0.39, 0.29) is 28.7 Å². The van der Waals surface area contributed by atoms with Crippen LogP contribution in [0.1, 0.15) is 37.0 Å². The van der Waals surface area contributed by atoms with E-state index in [9.17, 15) is 18.0 Å². The van der Waals surface area contributed by atoms with Crippen LogP contribution in [0.3, 0.4) is 0 Å². The molecular weight excluding hydrogens is 358 g/mol. The van der Waals surface area contributed by atoms with Crippen LogP contribution in [0.2, 0.25) is 0 Å². The topological polar surface area (TPSA) is 105 Å². The van der Waals surface area contributed by atoms with Crippen LogP contribution in [0.25, 0.3) is 0 Å². The number of nitrogens with one attached hydrogen (secondary N) is 2. The zero-order valence-electron chi connectivity index (χ0n) is 15.2. The number of amides is 2. The van der Waals surface area contributed by atoms with Gasteiger partial charge in [0.1, 0.15) is 0 Å². The van der Waals surface area contributed by atoms with E-state index in [1.165, 1.54) is 31.4 Å². The van der Waals surface area contributed by atoms with Crippen LogP contribution in [0, 0.1) is 5.92 Å². The predicted molar refractivity (Wildman–Crippen MR) is 95.7 cm³/mol. The highest BCUT2D eigenvalue weighted by atomic mass is 32.2. The smallest absolute Gasteiger partial charge is 0.262 e. The van der Waals surface area contributed by atoms with Gasteiger partial charge in [-0.25, -0.2) is 8.42 Å². The lowest BCUT2D eigenvalue weighted by Crippen LogP contribution is -2.50. The Morgan fingerprint density at radius 2 is 1.88 bits per heavy atom. The maximum atomic E-state index is 12.7. The molecule has 8 nitrogen and oxygen atoms in total. The van der Waals surface area contributed by atoms with Gasteiger partial charge in [0.2, 0.25) is 5.91 Å². The average Bonchev–Trinajstić information content (AvgIpc) is 2.61. The average molecular weight is 383 g/mol. The van der Waals surface area contributed by atoms with Crippen molar-refractivity contribution in [2.75, 3.05) is 20.2 Å². The Bertz CT molecular complexity index is 746. The van der Waals surface area contributed by atoms with Gasteiger partial charge in [0.25, 0.3) is 15.9 Å². The highest BCUT2D eigenvalue weighted by molar-refractivity contribution is 7.89. The number of benzene rings is 1. The zero-order valence-corrected chi connectivity index (χ0v) is 16.0. The van der Waals surface area contributed by atoms with Crippen molar-refractivity contribution in [3.05, 3.63) is 29.8 Å². The van der Waals surface area contributed by atoms with Crippen LogP contribution in [0.5, 0.6) is 0 Å². The largest absolute Gasteiger partial charge is 0.351 e. The van der Waals surface area contributed by atoms with Gasteiger partial charge in [0.05, 0.1) is 12.0 Å². The first kappa shape index (κ1) is 20.3. The third-order valence-electron chi connectivity index (χ3n) is 4.18. The third kappa shape index (κ3) is 5.03. The summed E-state index contributed by atoms with van der Waals surface area (Å²) in [5, 5.41) is 2.96. The standard InChI is InChI=1S/C17H25N3O5S/c1-12(2)16(21)18-14-5-4-10-20(11-14)17(22)13-6-8-15(9-7-13)26(23,24)19-25-3/h6-9,12,14,19H,4-5,10-11H2,1-3H3,(H,18,21). The van der Waals surface area contributed by atoms with E-state index in [0.717, 1.165) is 12.8 Å². The third-order valence-corrected chi connectivity index (χ3v) is 5.46. The van der Waals surface area contributed by atoms with Crippen molar-refractivity contribution in [2.24, 2.45) is 5.92 Å². The summed E-state index contributed by atoms with van der Waals surface area (Å²) in [5.74, 6) is -0.307. The first-order valence-electron chi connectivity index (χ1n) is 8.49. The van der Waals surface area contributed by atoms with Crippen molar-refractivity contribution < 1.29 is 22.8 Å². The number of hydrogen-bond donors (Lipinski definition) is 2. The second-order valence-corrected chi connectivity index (χ2v) is 8.21. The summed E-state index contributed by atoms with van der Waals surface area (Å²) >= 11 is 0. The van der Waals surface area contributed by atoms with Gasteiger partial charge in [0.15, 0.2) is 0 Å². The molecule has 1 atom stereocenters. The number of hydrogen-bond acceptors (Lipinski definition) is 5. The molecule has 0 aromatic heterocycles.